The zero-order chi connectivity index (χ0) is 12.3. The van der Waals surface area contributed by atoms with Crippen molar-refractivity contribution < 1.29 is 13.9 Å². The van der Waals surface area contributed by atoms with E-state index in [-0.39, 0.29) is 0 Å². The summed E-state index contributed by atoms with van der Waals surface area (Å²) in [5.74, 6) is 2.29. The van der Waals surface area contributed by atoms with Crippen molar-refractivity contribution in [3.05, 3.63) is 45.2 Å². The number of furan rings is 1. The maximum absolute atomic E-state index is 5.62. The van der Waals surface area contributed by atoms with E-state index in [1.54, 1.807) is 7.11 Å². The van der Waals surface area contributed by atoms with E-state index >= 15 is 0 Å². The molecule has 0 bridgehead atoms. The summed E-state index contributed by atoms with van der Waals surface area (Å²) in [5, 5.41) is 0. The van der Waals surface area contributed by atoms with E-state index < -0.39 is 0 Å². The highest BCUT2D eigenvalue weighted by Crippen LogP contribution is 2.29. The van der Waals surface area contributed by atoms with Gasteiger partial charge in [-0.05, 0) is 62.2 Å². The number of methoxy groups -OCH3 is 1. The molecule has 0 N–H and O–H groups in total. The van der Waals surface area contributed by atoms with Crippen LogP contribution in [0.1, 0.15) is 5.76 Å². The van der Waals surface area contributed by atoms with Gasteiger partial charge >= 0.3 is 0 Å². The Kier molecular flexibility index (Phi) is 4.12. The molecule has 2 rings (SSSR count). The van der Waals surface area contributed by atoms with Crippen LogP contribution in [-0.4, -0.2) is 7.11 Å². The summed E-state index contributed by atoms with van der Waals surface area (Å²) in [6.45, 7) is 0.385. The van der Waals surface area contributed by atoms with Crippen molar-refractivity contribution in [1.82, 2.24) is 0 Å². The average Bonchev–Trinajstić information content (AvgIpc) is 2.73. The monoisotopic (exact) mass is 360 g/mol. The van der Waals surface area contributed by atoms with Crippen molar-refractivity contribution in [2.24, 2.45) is 0 Å². The third kappa shape index (κ3) is 3.26. The number of halogens is 2. The highest BCUT2D eigenvalue weighted by atomic mass is 79.9. The fourth-order valence-electron chi connectivity index (χ4n) is 1.30. The second kappa shape index (κ2) is 5.60. The normalized spacial score (nSPS) is 10.3. The fourth-order valence-corrected chi connectivity index (χ4v) is 2.12. The molecule has 0 unspecified atom stereocenters. The molecule has 0 spiro atoms. The first-order chi connectivity index (χ1) is 8.19. The van der Waals surface area contributed by atoms with Gasteiger partial charge in [-0.15, -0.1) is 0 Å². The lowest BCUT2D eigenvalue weighted by atomic mass is 10.3. The third-order valence-electron chi connectivity index (χ3n) is 2.14. The minimum Gasteiger partial charge on any atom is -0.497 e. The summed E-state index contributed by atoms with van der Waals surface area (Å²) in [7, 11) is 1.63. The highest BCUT2D eigenvalue weighted by molar-refractivity contribution is 9.10. The minimum atomic E-state index is 0.385. The van der Waals surface area contributed by atoms with Gasteiger partial charge in [0.25, 0.3) is 0 Å². The van der Waals surface area contributed by atoms with Crippen LogP contribution in [0.4, 0.5) is 0 Å². The molecule has 0 aliphatic rings. The fraction of sp³-hybridized carbons (Fsp3) is 0.167. The molecule has 0 saturated heterocycles. The van der Waals surface area contributed by atoms with E-state index in [2.05, 4.69) is 31.9 Å². The highest BCUT2D eigenvalue weighted by Gasteiger charge is 2.05. The lowest BCUT2D eigenvalue weighted by molar-refractivity contribution is 0.266. The van der Waals surface area contributed by atoms with E-state index in [4.69, 9.17) is 13.9 Å². The van der Waals surface area contributed by atoms with Gasteiger partial charge in [0, 0.05) is 0 Å². The molecule has 0 fully saturated rings. The topological polar surface area (TPSA) is 31.6 Å². The molecule has 90 valence electrons. The Balaban J connectivity index is 2.04. The van der Waals surface area contributed by atoms with Gasteiger partial charge < -0.3 is 13.9 Å². The molecule has 3 nitrogen and oxygen atoms in total. The predicted octanol–water partition coefficient (Wildman–Crippen LogP) is 4.39. The van der Waals surface area contributed by atoms with Crippen LogP contribution in [-0.2, 0) is 6.61 Å². The van der Waals surface area contributed by atoms with E-state index in [9.17, 15) is 0 Å². The molecule has 1 heterocycles. The van der Waals surface area contributed by atoms with E-state index in [1.807, 2.05) is 30.3 Å². The molecule has 1 aromatic heterocycles. The summed E-state index contributed by atoms with van der Waals surface area (Å²) >= 11 is 6.67. The second-order valence-corrected chi connectivity index (χ2v) is 4.93. The molecule has 0 amide bonds. The van der Waals surface area contributed by atoms with E-state index in [1.165, 1.54) is 0 Å². The van der Waals surface area contributed by atoms with Crippen LogP contribution in [0.5, 0.6) is 11.5 Å². The van der Waals surface area contributed by atoms with Crippen molar-refractivity contribution in [2.45, 2.75) is 6.61 Å². The summed E-state index contributed by atoms with van der Waals surface area (Å²) in [6.07, 6.45) is 0. The molecule has 5 heteroatoms. The zero-order valence-electron chi connectivity index (χ0n) is 9.07. The van der Waals surface area contributed by atoms with Crippen LogP contribution in [0, 0.1) is 0 Å². The predicted molar refractivity (Wildman–Crippen MR) is 71.4 cm³/mol. The maximum atomic E-state index is 5.62. The Labute approximate surface area is 116 Å². The first-order valence-corrected chi connectivity index (χ1v) is 6.48. The van der Waals surface area contributed by atoms with Crippen molar-refractivity contribution in [3.63, 3.8) is 0 Å². The summed E-state index contributed by atoms with van der Waals surface area (Å²) in [6, 6.07) is 9.25. The van der Waals surface area contributed by atoms with Gasteiger partial charge in [0.05, 0.1) is 11.6 Å². The number of hydrogen-bond donors (Lipinski definition) is 0. The van der Waals surface area contributed by atoms with Gasteiger partial charge in [-0.2, -0.15) is 0 Å². The van der Waals surface area contributed by atoms with Gasteiger partial charge in [-0.25, -0.2) is 0 Å². The van der Waals surface area contributed by atoms with Gasteiger partial charge in [0.1, 0.15) is 23.9 Å². The lowest BCUT2D eigenvalue weighted by Gasteiger charge is -2.08. The van der Waals surface area contributed by atoms with Gasteiger partial charge in [0.2, 0.25) is 0 Å². The average molecular weight is 362 g/mol. The molecule has 1 aromatic carbocycles. The maximum Gasteiger partial charge on any atom is 0.169 e. The van der Waals surface area contributed by atoms with Crippen LogP contribution in [0.25, 0.3) is 0 Å². The van der Waals surface area contributed by atoms with Crippen molar-refractivity contribution in [2.75, 3.05) is 7.11 Å². The molecule has 0 saturated carbocycles. The molecule has 0 aliphatic carbocycles. The molecular weight excluding hydrogens is 352 g/mol. The third-order valence-corrected chi connectivity index (χ3v) is 3.18. The van der Waals surface area contributed by atoms with Crippen LogP contribution in [0.2, 0.25) is 0 Å². The van der Waals surface area contributed by atoms with Crippen molar-refractivity contribution in [3.8, 4) is 11.5 Å². The first-order valence-electron chi connectivity index (χ1n) is 4.89. The number of hydrogen-bond acceptors (Lipinski definition) is 3. The van der Waals surface area contributed by atoms with E-state index in [0.29, 0.717) is 11.3 Å². The summed E-state index contributed by atoms with van der Waals surface area (Å²) in [4.78, 5) is 0. The molecule has 17 heavy (non-hydrogen) atoms. The zero-order valence-corrected chi connectivity index (χ0v) is 12.2. The Morgan fingerprint density at radius 3 is 2.59 bits per heavy atom. The van der Waals surface area contributed by atoms with Gasteiger partial charge in [-0.1, -0.05) is 0 Å². The lowest BCUT2D eigenvalue weighted by Crippen LogP contribution is -1.94. The molecule has 0 atom stereocenters. The number of rotatable bonds is 4. The Bertz CT molecular complexity index is 508. The van der Waals surface area contributed by atoms with Crippen LogP contribution in [0.15, 0.2) is 43.9 Å². The summed E-state index contributed by atoms with van der Waals surface area (Å²) in [5.41, 5.74) is 0. The summed E-state index contributed by atoms with van der Waals surface area (Å²) < 4.78 is 17.6. The molecule has 0 radical (unpaired) electrons. The minimum absolute atomic E-state index is 0.385. The van der Waals surface area contributed by atoms with Crippen LogP contribution < -0.4 is 9.47 Å². The first kappa shape index (κ1) is 12.5. The quantitative estimate of drug-likeness (QED) is 0.809. The van der Waals surface area contributed by atoms with Crippen molar-refractivity contribution in [1.29, 1.82) is 0 Å². The van der Waals surface area contributed by atoms with Crippen molar-refractivity contribution >= 4 is 31.9 Å². The second-order valence-electron chi connectivity index (χ2n) is 3.29. The smallest absolute Gasteiger partial charge is 0.169 e. The number of benzene rings is 1. The van der Waals surface area contributed by atoms with Crippen LogP contribution in [0.3, 0.4) is 0 Å². The van der Waals surface area contributed by atoms with E-state index in [0.717, 1.165) is 21.7 Å². The molecule has 0 aliphatic heterocycles. The Morgan fingerprint density at radius 1 is 1.18 bits per heavy atom. The van der Waals surface area contributed by atoms with Gasteiger partial charge in [-0.3, -0.25) is 0 Å². The Hall–Kier alpha value is -0.940. The Morgan fingerprint density at radius 2 is 2.00 bits per heavy atom. The SMILES string of the molecule is COc1ccc(OCc2ccc(Br)o2)c(Br)c1. The number of ether oxygens (including phenoxy) is 2. The van der Waals surface area contributed by atoms with Crippen LogP contribution >= 0.6 is 31.9 Å². The molecular formula is C12H10Br2O3. The van der Waals surface area contributed by atoms with Gasteiger partial charge in [0.15, 0.2) is 4.67 Å². The molecule has 2 aromatic rings. The standard InChI is InChI=1S/C12H10Br2O3/c1-15-8-2-4-11(10(13)6-8)16-7-9-3-5-12(14)17-9/h2-6H,7H2,1H3. The largest absolute Gasteiger partial charge is 0.497 e.